The van der Waals surface area contributed by atoms with Gasteiger partial charge in [0.1, 0.15) is 5.56 Å². The average molecular weight is 450 g/mol. The number of carbonyl (C=O) groups excluding carboxylic acids is 2. The Labute approximate surface area is 188 Å². The second-order valence-electron chi connectivity index (χ2n) is 7.39. The van der Waals surface area contributed by atoms with Crippen molar-refractivity contribution >= 4 is 28.6 Å². The van der Waals surface area contributed by atoms with Gasteiger partial charge in [0.15, 0.2) is 23.3 Å². The van der Waals surface area contributed by atoms with E-state index in [0.717, 1.165) is 40.2 Å². The van der Waals surface area contributed by atoms with E-state index in [2.05, 4.69) is 15.4 Å². The molecule has 0 bridgehead atoms. The van der Waals surface area contributed by atoms with Gasteiger partial charge in [-0.1, -0.05) is 18.2 Å². The van der Waals surface area contributed by atoms with Crippen LogP contribution in [0, 0.1) is 25.5 Å². The van der Waals surface area contributed by atoms with E-state index < -0.39 is 23.5 Å². The predicted molar refractivity (Wildman–Crippen MR) is 119 cm³/mol. The van der Waals surface area contributed by atoms with Crippen LogP contribution in [-0.4, -0.2) is 33.2 Å². The standard InChI is InChI=1S/C24H20F2N4O3/c1-4-33-24(32)17-12-27-30(20-10-14(3)16-7-5-6-13(2)21(16)28-20)22(17)29-23(31)15-8-9-18(25)19(26)11-15/h5-12H,4H2,1-3H3,(H,29,31). The number of amides is 1. The molecule has 0 saturated carbocycles. The van der Waals surface area contributed by atoms with Gasteiger partial charge < -0.3 is 10.1 Å². The largest absolute Gasteiger partial charge is 0.462 e. The molecule has 33 heavy (non-hydrogen) atoms. The van der Waals surface area contributed by atoms with Gasteiger partial charge in [-0.3, -0.25) is 4.79 Å². The van der Waals surface area contributed by atoms with Crippen LogP contribution in [-0.2, 0) is 4.74 Å². The molecule has 2 aromatic heterocycles. The van der Waals surface area contributed by atoms with E-state index in [1.54, 1.807) is 13.0 Å². The van der Waals surface area contributed by atoms with E-state index in [4.69, 9.17) is 4.74 Å². The molecular weight excluding hydrogens is 430 g/mol. The Morgan fingerprint density at radius 2 is 1.85 bits per heavy atom. The molecule has 168 valence electrons. The molecule has 0 atom stereocenters. The summed E-state index contributed by atoms with van der Waals surface area (Å²) in [5, 5.41) is 7.79. The Hall–Kier alpha value is -4.14. The Morgan fingerprint density at radius 1 is 1.06 bits per heavy atom. The maximum Gasteiger partial charge on any atom is 0.343 e. The lowest BCUT2D eigenvalue weighted by Gasteiger charge is -2.13. The molecule has 0 saturated heterocycles. The average Bonchev–Trinajstić information content (AvgIpc) is 3.20. The van der Waals surface area contributed by atoms with Gasteiger partial charge in [0, 0.05) is 10.9 Å². The molecule has 4 rings (SSSR count). The van der Waals surface area contributed by atoms with Gasteiger partial charge in [-0.05, 0) is 56.2 Å². The number of rotatable bonds is 5. The van der Waals surface area contributed by atoms with Gasteiger partial charge in [-0.25, -0.2) is 18.6 Å². The normalized spacial score (nSPS) is 10.9. The number of aromatic nitrogens is 3. The van der Waals surface area contributed by atoms with Gasteiger partial charge >= 0.3 is 5.97 Å². The number of benzene rings is 2. The number of hydrogen-bond acceptors (Lipinski definition) is 5. The molecule has 0 aliphatic carbocycles. The minimum atomic E-state index is -1.16. The third-order valence-electron chi connectivity index (χ3n) is 5.13. The van der Waals surface area contributed by atoms with Crippen molar-refractivity contribution in [1.29, 1.82) is 0 Å². The van der Waals surface area contributed by atoms with Gasteiger partial charge in [0.2, 0.25) is 0 Å². The molecule has 0 aliphatic heterocycles. The molecular formula is C24H20F2N4O3. The van der Waals surface area contributed by atoms with Crippen LogP contribution < -0.4 is 5.32 Å². The van der Waals surface area contributed by atoms with Crippen molar-refractivity contribution < 1.29 is 23.1 Å². The number of pyridine rings is 1. The summed E-state index contributed by atoms with van der Waals surface area (Å²) in [6.45, 7) is 5.62. The maximum absolute atomic E-state index is 13.6. The smallest absolute Gasteiger partial charge is 0.343 e. The minimum Gasteiger partial charge on any atom is -0.462 e. The number of hydrogen-bond donors (Lipinski definition) is 1. The quantitative estimate of drug-likeness (QED) is 0.444. The summed E-state index contributed by atoms with van der Waals surface area (Å²) in [4.78, 5) is 30.0. The molecule has 2 heterocycles. The van der Waals surface area contributed by atoms with Crippen LogP contribution in [0.15, 0.2) is 48.7 Å². The third kappa shape index (κ3) is 4.17. The first-order chi connectivity index (χ1) is 15.8. The number of nitrogens with one attached hydrogen (secondary N) is 1. The number of esters is 1. The first-order valence-electron chi connectivity index (χ1n) is 10.2. The number of fused-ring (bicyclic) bond motifs is 1. The molecule has 7 nitrogen and oxygen atoms in total. The third-order valence-corrected chi connectivity index (χ3v) is 5.13. The zero-order valence-electron chi connectivity index (χ0n) is 18.1. The molecule has 2 aromatic carbocycles. The van der Waals surface area contributed by atoms with Gasteiger partial charge in [-0.15, -0.1) is 0 Å². The summed E-state index contributed by atoms with van der Waals surface area (Å²) in [5.41, 5.74) is 2.48. The highest BCUT2D eigenvalue weighted by atomic mass is 19.2. The lowest BCUT2D eigenvalue weighted by atomic mass is 10.1. The van der Waals surface area contributed by atoms with E-state index >= 15 is 0 Å². The highest BCUT2D eigenvalue weighted by Gasteiger charge is 2.23. The van der Waals surface area contributed by atoms with Crippen molar-refractivity contribution in [3.63, 3.8) is 0 Å². The van der Waals surface area contributed by atoms with Crippen LogP contribution in [0.25, 0.3) is 16.7 Å². The van der Waals surface area contributed by atoms with Gasteiger partial charge in [0.05, 0.1) is 18.3 Å². The Bertz CT molecular complexity index is 1400. The molecule has 0 spiro atoms. The van der Waals surface area contributed by atoms with E-state index in [9.17, 15) is 18.4 Å². The number of aryl methyl sites for hydroxylation is 2. The van der Waals surface area contributed by atoms with Crippen LogP contribution in [0.3, 0.4) is 0 Å². The van der Waals surface area contributed by atoms with Crippen LogP contribution in [0.1, 0.15) is 38.8 Å². The lowest BCUT2D eigenvalue weighted by molar-refractivity contribution is 0.0527. The van der Waals surface area contributed by atoms with Gasteiger partial charge in [-0.2, -0.15) is 9.78 Å². The van der Waals surface area contributed by atoms with Crippen molar-refractivity contribution in [2.75, 3.05) is 11.9 Å². The summed E-state index contributed by atoms with van der Waals surface area (Å²) in [7, 11) is 0. The fourth-order valence-electron chi connectivity index (χ4n) is 3.47. The first-order valence-corrected chi connectivity index (χ1v) is 10.2. The van der Waals surface area contributed by atoms with E-state index in [0.29, 0.717) is 5.82 Å². The van der Waals surface area contributed by atoms with Crippen LogP contribution in [0.5, 0.6) is 0 Å². The highest BCUT2D eigenvalue weighted by Crippen LogP contribution is 2.26. The van der Waals surface area contributed by atoms with Crippen molar-refractivity contribution in [3.8, 4) is 5.82 Å². The van der Waals surface area contributed by atoms with Crippen LogP contribution in [0.4, 0.5) is 14.6 Å². The second-order valence-corrected chi connectivity index (χ2v) is 7.39. The summed E-state index contributed by atoms with van der Waals surface area (Å²) in [6, 6.07) is 10.4. The molecule has 9 heteroatoms. The fraction of sp³-hybridized carbons (Fsp3) is 0.167. The molecule has 0 radical (unpaired) electrons. The number of nitrogens with zero attached hydrogens (tertiary/aromatic N) is 3. The number of halogens is 2. The van der Waals surface area contributed by atoms with Crippen molar-refractivity contribution in [1.82, 2.24) is 14.8 Å². The highest BCUT2D eigenvalue weighted by molar-refractivity contribution is 6.07. The Morgan fingerprint density at radius 3 is 2.58 bits per heavy atom. The van der Waals surface area contributed by atoms with Crippen molar-refractivity contribution in [2.45, 2.75) is 20.8 Å². The molecule has 1 N–H and O–H groups in total. The first kappa shape index (κ1) is 22.1. The molecule has 4 aromatic rings. The Balaban J connectivity index is 1.83. The van der Waals surface area contributed by atoms with Crippen LogP contribution >= 0.6 is 0 Å². The zero-order valence-corrected chi connectivity index (χ0v) is 18.1. The minimum absolute atomic E-state index is 0.00267. The summed E-state index contributed by atoms with van der Waals surface area (Å²) < 4.78 is 33.3. The van der Waals surface area contributed by atoms with Gasteiger partial charge in [0.25, 0.3) is 5.91 Å². The zero-order chi connectivity index (χ0) is 23.7. The molecule has 0 fully saturated rings. The number of anilines is 1. The number of ether oxygens (including phenoxy) is 1. The molecule has 0 unspecified atom stereocenters. The Kier molecular flexibility index (Phi) is 5.87. The van der Waals surface area contributed by atoms with E-state index in [1.807, 2.05) is 32.0 Å². The van der Waals surface area contributed by atoms with Crippen molar-refractivity contribution in [2.24, 2.45) is 0 Å². The van der Waals surface area contributed by atoms with Crippen molar-refractivity contribution in [3.05, 3.63) is 82.5 Å². The molecule has 1 amide bonds. The predicted octanol–water partition coefficient (Wildman–Crippen LogP) is 4.74. The SMILES string of the molecule is CCOC(=O)c1cnn(-c2cc(C)c3cccc(C)c3n2)c1NC(=O)c1ccc(F)c(F)c1. The van der Waals surface area contributed by atoms with Crippen LogP contribution in [0.2, 0.25) is 0 Å². The topological polar surface area (TPSA) is 86.1 Å². The maximum atomic E-state index is 13.6. The van der Waals surface area contributed by atoms with E-state index in [1.165, 1.54) is 10.9 Å². The summed E-state index contributed by atoms with van der Waals surface area (Å²) >= 11 is 0. The van der Waals surface area contributed by atoms with E-state index in [-0.39, 0.29) is 23.6 Å². The fourth-order valence-corrected chi connectivity index (χ4v) is 3.47. The lowest BCUT2D eigenvalue weighted by Crippen LogP contribution is -2.19. The second kappa shape index (κ2) is 8.78. The monoisotopic (exact) mass is 450 g/mol. The number of carbonyl (C=O) groups is 2. The summed E-state index contributed by atoms with van der Waals surface area (Å²) in [6.07, 6.45) is 1.26. The summed E-state index contributed by atoms with van der Waals surface area (Å²) in [5.74, 6) is -3.32. The molecule has 0 aliphatic rings. The number of para-hydroxylation sites is 1.